The number of ether oxygens (including phenoxy) is 2. The summed E-state index contributed by atoms with van der Waals surface area (Å²) < 4.78 is 13.7. The van der Waals surface area contributed by atoms with Crippen LogP contribution in [0, 0.1) is 13.8 Å². The fraction of sp³-hybridized carbons (Fsp3) is 0.333. The topological polar surface area (TPSA) is 100 Å². The lowest BCUT2D eigenvalue weighted by Crippen LogP contribution is -2.35. The first-order chi connectivity index (χ1) is 14.5. The van der Waals surface area contributed by atoms with Crippen molar-refractivity contribution >= 4 is 5.91 Å². The smallest absolute Gasteiger partial charge is 0.267 e. The van der Waals surface area contributed by atoms with Crippen LogP contribution in [0.4, 0.5) is 0 Å². The molecular weight excluding hydrogens is 386 g/mol. The van der Waals surface area contributed by atoms with Crippen molar-refractivity contribution in [2.75, 3.05) is 19.8 Å². The fourth-order valence-corrected chi connectivity index (χ4v) is 2.88. The summed E-state index contributed by atoms with van der Waals surface area (Å²) in [5.74, 6) is 1.61. The van der Waals surface area contributed by atoms with Gasteiger partial charge in [0.2, 0.25) is 5.91 Å². The lowest BCUT2D eigenvalue weighted by atomic mass is 10.3. The third kappa shape index (κ3) is 5.47. The minimum atomic E-state index is -0.360. The van der Waals surface area contributed by atoms with Gasteiger partial charge in [-0.2, -0.15) is 5.10 Å². The second-order valence-electron chi connectivity index (χ2n) is 6.63. The molecule has 9 nitrogen and oxygen atoms in total. The van der Waals surface area contributed by atoms with E-state index in [0.717, 1.165) is 21.8 Å². The highest BCUT2D eigenvalue weighted by molar-refractivity contribution is 5.75. The summed E-state index contributed by atoms with van der Waals surface area (Å²) in [6.07, 6.45) is 0. The summed E-state index contributed by atoms with van der Waals surface area (Å²) in [6, 6.07) is 12.1. The van der Waals surface area contributed by atoms with Crippen molar-refractivity contribution in [3.05, 3.63) is 64.2 Å². The standard InChI is InChI=1S/C21H25N5O4/c1-4-29-17-5-7-18(8-6-17)30-12-11-22-20(27)14-25-21(28)10-9-19(24-25)26-16(3)13-15(2)23-26/h5-10,13H,4,11-12,14H2,1-3H3,(H,22,27). The van der Waals surface area contributed by atoms with E-state index in [1.807, 2.05) is 39.0 Å². The van der Waals surface area contributed by atoms with E-state index in [1.165, 1.54) is 6.07 Å². The largest absolute Gasteiger partial charge is 0.494 e. The Labute approximate surface area is 174 Å². The molecule has 0 saturated heterocycles. The molecule has 158 valence electrons. The number of aromatic nitrogens is 4. The SMILES string of the molecule is CCOc1ccc(OCCNC(=O)Cn2nc(-n3nc(C)cc3C)ccc2=O)cc1. The first kappa shape index (κ1) is 21.1. The Morgan fingerprint density at radius 3 is 2.37 bits per heavy atom. The van der Waals surface area contributed by atoms with Crippen LogP contribution in [0.1, 0.15) is 18.3 Å². The van der Waals surface area contributed by atoms with Crippen LogP contribution in [-0.2, 0) is 11.3 Å². The molecule has 30 heavy (non-hydrogen) atoms. The number of aryl methyl sites for hydroxylation is 2. The van der Waals surface area contributed by atoms with Gasteiger partial charge in [-0.05, 0) is 57.2 Å². The maximum Gasteiger partial charge on any atom is 0.267 e. The zero-order chi connectivity index (χ0) is 21.5. The maximum absolute atomic E-state index is 12.2. The lowest BCUT2D eigenvalue weighted by Gasteiger charge is -2.10. The normalized spacial score (nSPS) is 10.6. The molecule has 2 aromatic heterocycles. The van der Waals surface area contributed by atoms with E-state index in [2.05, 4.69) is 15.5 Å². The van der Waals surface area contributed by atoms with E-state index in [4.69, 9.17) is 9.47 Å². The number of amides is 1. The summed E-state index contributed by atoms with van der Waals surface area (Å²) in [5, 5.41) is 11.3. The number of benzene rings is 1. The monoisotopic (exact) mass is 411 g/mol. The number of hydrogen-bond acceptors (Lipinski definition) is 6. The second kappa shape index (κ2) is 9.73. The van der Waals surface area contributed by atoms with Crippen LogP contribution in [0.5, 0.6) is 11.5 Å². The lowest BCUT2D eigenvalue weighted by molar-refractivity contribution is -0.122. The molecule has 3 rings (SSSR count). The van der Waals surface area contributed by atoms with Gasteiger partial charge in [0.1, 0.15) is 24.7 Å². The zero-order valence-electron chi connectivity index (χ0n) is 17.3. The van der Waals surface area contributed by atoms with Crippen molar-refractivity contribution < 1.29 is 14.3 Å². The van der Waals surface area contributed by atoms with Crippen LogP contribution in [0.3, 0.4) is 0 Å². The van der Waals surface area contributed by atoms with Gasteiger partial charge in [0.15, 0.2) is 5.82 Å². The molecule has 3 aromatic rings. The zero-order valence-corrected chi connectivity index (χ0v) is 17.3. The number of hydrogen-bond donors (Lipinski definition) is 1. The highest BCUT2D eigenvalue weighted by Gasteiger charge is 2.10. The molecule has 0 fully saturated rings. The molecule has 2 heterocycles. The van der Waals surface area contributed by atoms with E-state index in [9.17, 15) is 9.59 Å². The van der Waals surface area contributed by atoms with Crippen molar-refractivity contribution in [3.8, 4) is 17.3 Å². The van der Waals surface area contributed by atoms with Crippen molar-refractivity contribution in [2.45, 2.75) is 27.3 Å². The molecule has 0 aliphatic heterocycles. The number of rotatable bonds is 9. The Hall–Kier alpha value is -3.62. The third-order valence-corrected chi connectivity index (χ3v) is 4.20. The van der Waals surface area contributed by atoms with Crippen molar-refractivity contribution in [1.29, 1.82) is 0 Å². The molecule has 0 unspecified atom stereocenters. The molecule has 9 heteroatoms. The van der Waals surface area contributed by atoms with Gasteiger partial charge >= 0.3 is 0 Å². The maximum atomic E-state index is 12.2. The number of nitrogens with zero attached hydrogens (tertiary/aromatic N) is 4. The molecule has 0 spiro atoms. The molecule has 0 radical (unpaired) electrons. The van der Waals surface area contributed by atoms with Gasteiger partial charge in [-0.15, -0.1) is 5.10 Å². The Morgan fingerprint density at radius 1 is 1.03 bits per heavy atom. The van der Waals surface area contributed by atoms with Gasteiger partial charge in [0, 0.05) is 11.8 Å². The number of carbonyl (C=O) groups is 1. The minimum absolute atomic E-state index is 0.185. The highest BCUT2D eigenvalue weighted by atomic mass is 16.5. The van der Waals surface area contributed by atoms with Crippen molar-refractivity contribution in [1.82, 2.24) is 24.9 Å². The van der Waals surface area contributed by atoms with E-state index in [0.29, 0.717) is 31.3 Å². The molecule has 0 saturated carbocycles. The molecule has 1 aromatic carbocycles. The Kier molecular flexibility index (Phi) is 6.84. The molecule has 0 aliphatic rings. The predicted molar refractivity (Wildman–Crippen MR) is 111 cm³/mol. The van der Waals surface area contributed by atoms with Crippen LogP contribution in [0.2, 0.25) is 0 Å². The van der Waals surface area contributed by atoms with Gasteiger partial charge in [0.05, 0.1) is 18.8 Å². The van der Waals surface area contributed by atoms with E-state index < -0.39 is 0 Å². The average molecular weight is 411 g/mol. The molecule has 0 aliphatic carbocycles. The Bertz CT molecular complexity index is 1060. The van der Waals surface area contributed by atoms with Gasteiger partial charge < -0.3 is 14.8 Å². The molecular formula is C21H25N5O4. The number of carbonyl (C=O) groups excluding carboxylic acids is 1. The van der Waals surface area contributed by atoms with Gasteiger partial charge in [0.25, 0.3) is 5.56 Å². The fourth-order valence-electron chi connectivity index (χ4n) is 2.88. The van der Waals surface area contributed by atoms with Crippen LogP contribution >= 0.6 is 0 Å². The van der Waals surface area contributed by atoms with Crippen molar-refractivity contribution in [2.24, 2.45) is 0 Å². The third-order valence-electron chi connectivity index (χ3n) is 4.20. The van der Waals surface area contributed by atoms with Gasteiger partial charge in [-0.25, -0.2) is 9.36 Å². The predicted octanol–water partition coefficient (Wildman–Crippen LogP) is 1.64. The quantitative estimate of drug-likeness (QED) is 0.538. The van der Waals surface area contributed by atoms with E-state index in [1.54, 1.807) is 22.9 Å². The van der Waals surface area contributed by atoms with Gasteiger partial charge in [-0.1, -0.05) is 0 Å². The van der Waals surface area contributed by atoms with Crippen LogP contribution in [0.15, 0.2) is 47.3 Å². The van der Waals surface area contributed by atoms with E-state index in [-0.39, 0.29) is 18.0 Å². The Morgan fingerprint density at radius 2 is 1.73 bits per heavy atom. The molecule has 0 atom stereocenters. The molecule has 1 amide bonds. The summed E-state index contributed by atoms with van der Waals surface area (Å²) >= 11 is 0. The van der Waals surface area contributed by atoms with Gasteiger partial charge in [-0.3, -0.25) is 9.59 Å². The Balaban J connectivity index is 1.51. The summed E-state index contributed by atoms with van der Waals surface area (Å²) in [4.78, 5) is 24.3. The molecule has 1 N–H and O–H groups in total. The summed E-state index contributed by atoms with van der Waals surface area (Å²) in [6.45, 7) is 6.72. The van der Waals surface area contributed by atoms with Crippen LogP contribution in [0.25, 0.3) is 5.82 Å². The van der Waals surface area contributed by atoms with Crippen LogP contribution < -0.4 is 20.3 Å². The van der Waals surface area contributed by atoms with E-state index >= 15 is 0 Å². The van der Waals surface area contributed by atoms with Crippen LogP contribution in [-0.4, -0.2) is 45.2 Å². The average Bonchev–Trinajstić information content (AvgIpc) is 3.06. The second-order valence-corrected chi connectivity index (χ2v) is 6.63. The molecule has 0 bridgehead atoms. The summed E-state index contributed by atoms with van der Waals surface area (Å²) in [7, 11) is 0. The number of nitrogens with one attached hydrogen (secondary N) is 1. The summed E-state index contributed by atoms with van der Waals surface area (Å²) in [5.41, 5.74) is 1.37. The highest BCUT2D eigenvalue weighted by Crippen LogP contribution is 2.17. The minimum Gasteiger partial charge on any atom is -0.494 e. The first-order valence-corrected chi connectivity index (χ1v) is 9.70. The first-order valence-electron chi connectivity index (χ1n) is 9.70. The van der Waals surface area contributed by atoms with Crippen molar-refractivity contribution in [3.63, 3.8) is 0 Å².